The quantitative estimate of drug-likeness (QED) is 0.454. The molecule has 1 atom stereocenters. The van der Waals surface area contributed by atoms with Crippen LogP contribution in [0.25, 0.3) is 0 Å². The number of aliphatic hydroxyl groups is 1. The second-order valence-corrected chi connectivity index (χ2v) is 3.89. The summed E-state index contributed by atoms with van der Waals surface area (Å²) >= 11 is 0. The van der Waals surface area contributed by atoms with E-state index in [-0.39, 0.29) is 0 Å². The molecule has 0 aromatic carbocycles. The van der Waals surface area contributed by atoms with Crippen LogP contribution in [0.3, 0.4) is 0 Å². The van der Waals surface area contributed by atoms with Crippen molar-refractivity contribution in [2.75, 3.05) is 7.05 Å². The number of rotatable bonds is 7. The third-order valence-electron chi connectivity index (χ3n) is 2.94. The van der Waals surface area contributed by atoms with Crippen LogP contribution in [0, 0.1) is 0 Å². The van der Waals surface area contributed by atoms with Crippen molar-refractivity contribution < 1.29 is 9.90 Å². The number of primary amides is 1. The van der Waals surface area contributed by atoms with Gasteiger partial charge in [-0.25, -0.2) is 0 Å². The molecule has 0 rings (SSSR count). The fraction of sp³-hybridized carbons (Fsp3) is 0.750. The maximum Gasteiger partial charge on any atom is 0.244 e. The number of likely N-dealkylation sites (N-methyl/N-ethyl adjacent to an activating group) is 1. The lowest BCUT2D eigenvalue weighted by molar-refractivity contribution is -0.115. The average Bonchev–Trinajstić information content (AvgIpc) is 2.28. The second-order valence-electron chi connectivity index (χ2n) is 3.89. The zero-order valence-corrected chi connectivity index (χ0v) is 10.8. The molecule has 1 amide bonds. The minimum absolute atomic E-state index is 0.430. The highest BCUT2D eigenvalue weighted by molar-refractivity contribution is 5.93. The van der Waals surface area contributed by atoms with E-state index < -0.39 is 11.6 Å². The molecule has 0 aliphatic carbocycles. The Morgan fingerprint density at radius 2 is 1.94 bits per heavy atom. The van der Waals surface area contributed by atoms with Gasteiger partial charge in [0.1, 0.15) is 5.72 Å². The predicted molar refractivity (Wildman–Crippen MR) is 65.7 cm³/mol. The monoisotopic (exact) mass is 228 g/mol. The molecule has 0 saturated carbocycles. The summed E-state index contributed by atoms with van der Waals surface area (Å²) in [6.07, 6.45) is 2.57. The van der Waals surface area contributed by atoms with Crippen LogP contribution < -0.4 is 11.1 Å². The summed E-state index contributed by atoms with van der Waals surface area (Å²) in [6, 6.07) is 0. The van der Waals surface area contributed by atoms with Gasteiger partial charge in [-0.05, 0) is 31.9 Å². The molecule has 1 unspecified atom stereocenters. The molecule has 0 heterocycles. The van der Waals surface area contributed by atoms with Crippen molar-refractivity contribution in [2.45, 2.75) is 52.2 Å². The van der Waals surface area contributed by atoms with Crippen LogP contribution in [0.2, 0.25) is 0 Å². The maximum absolute atomic E-state index is 11.4. The van der Waals surface area contributed by atoms with E-state index in [4.69, 9.17) is 5.73 Å². The van der Waals surface area contributed by atoms with E-state index in [9.17, 15) is 9.90 Å². The van der Waals surface area contributed by atoms with Crippen LogP contribution >= 0.6 is 0 Å². The van der Waals surface area contributed by atoms with Crippen molar-refractivity contribution >= 4 is 5.91 Å². The Morgan fingerprint density at radius 3 is 2.19 bits per heavy atom. The van der Waals surface area contributed by atoms with E-state index >= 15 is 0 Å². The molecule has 0 aliphatic rings. The Labute approximate surface area is 97.9 Å². The molecule has 0 aromatic rings. The van der Waals surface area contributed by atoms with Crippen molar-refractivity contribution in [3.05, 3.63) is 11.1 Å². The van der Waals surface area contributed by atoms with Crippen LogP contribution in [-0.2, 0) is 4.79 Å². The number of carbonyl (C=O) groups excluding carboxylic acids is 1. The maximum atomic E-state index is 11.4. The van der Waals surface area contributed by atoms with Gasteiger partial charge in [-0.3, -0.25) is 10.1 Å². The van der Waals surface area contributed by atoms with Crippen molar-refractivity contribution in [2.24, 2.45) is 5.73 Å². The Bertz CT molecular complexity index is 268. The van der Waals surface area contributed by atoms with E-state index in [1.165, 1.54) is 0 Å². The van der Waals surface area contributed by atoms with Crippen LogP contribution in [-0.4, -0.2) is 23.8 Å². The van der Waals surface area contributed by atoms with Gasteiger partial charge in [0.15, 0.2) is 0 Å². The first-order valence-electron chi connectivity index (χ1n) is 5.90. The number of nitrogens with one attached hydrogen (secondary N) is 1. The van der Waals surface area contributed by atoms with E-state index in [0.717, 1.165) is 6.42 Å². The Balaban J connectivity index is 5.46. The fourth-order valence-electron chi connectivity index (χ4n) is 1.97. The van der Waals surface area contributed by atoms with Gasteiger partial charge in [-0.1, -0.05) is 27.2 Å². The minimum atomic E-state index is -1.12. The van der Waals surface area contributed by atoms with Crippen molar-refractivity contribution in [3.8, 4) is 0 Å². The zero-order chi connectivity index (χ0) is 12.8. The van der Waals surface area contributed by atoms with Gasteiger partial charge < -0.3 is 10.8 Å². The second kappa shape index (κ2) is 6.66. The van der Waals surface area contributed by atoms with Crippen molar-refractivity contribution in [3.63, 3.8) is 0 Å². The SMILES string of the molecule is CCC/C(C(N)=O)=C(/CC)C(O)(CC)NC. The molecule has 0 radical (unpaired) electrons. The lowest BCUT2D eigenvalue weighted by atomic mass is 9.90. The molecule has 0 saturated heterocycles. The van der Waals surface area contributed by atoms with Gasteiger partial charge in [-0.15, -0.1) is 0 Å². The predicted octanol–water partition coefficient (Wildman–Crippen LogP) is 1.30. The van der Waals surface area contributed by atoms with E-state index in [1.807, 2.05) is 20.8 Å². The van der Waals surface area contributed by atoms with Crippen LogP contribution in [0.15, 0.2) is 11.1 Å². The van der Waals surface area contributed by atoms with E-state index in [1.54, 1.807) is 7.05 Å². The minimum Gasteiger partial charge on any atom is -0.372 e. The zero-order valence-electron chi connectivity index (χ0n) is 10.8. The van der Waals surface area contributed by atoms with Crippen molar-refractivity contribution in [1.29, 1.82) is 0 Å². The molecular formula is C12H24N2O2. The summed E-state index contributed by atoms with van der Waals surface area (Å²) < 4.78 is 0. The molecule has 0 aromatic heterocycles. The summed E-state index contributed by atoms with van der Waals surface area (Å²) in [5, 5.41) is 13.2. The highest BCUT2D eigenvalue weighted by Crippen LogP contribution is 2.26. The third kappa shape index (κ3) is 3.32. The topological polar surface area (TPSA) is 75.4 Å². The van der Waals surface area contributed by atoms with E-state index in [0.29, 0.717) is 30.4 Å². The first-order chi connectivity index (χ1) is 7.46. The Hall–Kier alpha value is -0.870. The number of carbonyl (C=O) groups is 1. The summed E-state index contributed by atoms with van der Waals surface area (Å²) in [5.74, 6) is -0.430. The first-order valence-corrected chi connectivity index (χ1v) is 5.90. The van der Waals surface area contributed by atoms with Gasteiger partial charge in [0.05, 0.1) is 0 Å². The lowest BCUT2D eigenvalue weighted by Crippen LogP contribution is -2.45. The summed E-state index contributed by atoms with van der Waals surface area (Å²) in [4.78, 5) is 11.4. The molecule has 4 N–H and O–H groups in total. The number of hydrogen-bond acceptors (Lipinski definition) is 3. The fourth-order valence-corrected chi connectivity index (χ4v) is 1.97. The molecule has 0 fully saturated rings. The highest BCUT2D eigenvalue weighted by atomic mass is 16.3. The normalized spacial score (nSPS) is 16.6. The molecule has 4 nitrogen and oxygen atoms in total. The Kier molecular flexibility index (Phi) is 6.29. The van der Waals surface area contributed by atoms with Gasteiger partial charge in [0, 0.05) is 5.57 Å². The molecule has 4 heteroatoms. The molecule has 0 aliphatic heterocycles. The van der Waals surface area contributed by atoms with Gasteiger partial charge in [0.2, 0.25) is 5.91 Å². The standard InChI is InChI=1S/C12H24N2O2/c1-5-8-9(11(13)15)10(6-2)12(16,7-3)14-4/h14,16H,5-8H2,1-4H3,(H2,13,15)/b10-9+. The number of nitrogens with two attached hydrogens (primary N) is 1. The van der Waals surface area contributed by atoms with Crippen LogP contribution in [0.5, 0.6) is 0 Å². The molecular weight excluding hydrogens is 204 g/mol. The Morgan fingerprint density at radius 1 is 1.38 bits per heavy atom. The molecule has 94 valence electrons. The lowest BCUT2D eigenvalue weighted by Gasteiger charge is -2.31. The van der Waals surface area contributed by atoms with Gasteiger partial charge >= 0.3 is 0 Å². The van der Waals surface area contributed by atoms with Crippen LogP contribution in [0.1, 0.15) is 46.5 Å². The molecule has 0 spiro atoms. The number of hydrogen-bond donors (Lipinski definition) is 3. The molecule has 16 heavy (non-hydrogen) atoms. The smallest absolute Gasteiger partial charge is 0.244 e. The first kappa shape index (κ1) is 15.1. The number of amides is 1. The van der Waals surface area contributed by atoms with E-state index in [2.05, 4.69) is 5.32 Å². The largest absolute Gasteiger partial charge is 0.372 e. The highest BCUT2D eigenvalue weighted by Gasteiger charge is 2.30. The summed E-state index contributed by atoms with van der Waals surface area (Å²) in [5.41, 5.74) is 5.53. The summed E-state index contributed by atoms with van der Waals surface area (Å²) in [6.45, 7) is 5.78. The average molecular weight is 228 g/mol. The van der Waals surface area contributed by atoms with Crippen LogP contribution in [0.4, 0.5) is 0 Å². The third-order valence-corrected chi connectivity index (χ3v) is 2.94. The van der Waals surface area contributed by atoms with Crippen molar-refractivity contribution in [1.82, 2.24) is 5.32 Å². The molecule has 0 bridgehead atoms. The van der Waals surface area contributed by atoms with Gasteiger partial charge in [0.25, 0.3) is 0 Å². The summed E-state index contributed by atoms with van der Waals surface area (Å²) in [7, 11) is 1.68. The van der Waals surface area contributed by atoms with Gasteiger partial charge in [-0.2, -0.15) is 0 Å².